The zero-order valence-corrected chi connectivity index (χ0v) is 13.8. The average molecular weight is 367 g/mol. The number of nitrogens with two attached hydrogens (primary N) is 1. The first-order chi connectivity index (χ1) is 8.90. The summed E-state index contributed by atoms with van der Waals surface area (Å²) in [5.41, 5.74) is 10.5. The quantitative estimate of drug-likeness (QED) is 0.815. The number of hydrogen-bond donors (Lipinski definition) is 1. The van der Waals surface area contributed by atoms with Crippen LogP contribution >= 0.6 is 22.6 Å². The van der Waals surface area contributed by atoms with Crippen molar-refractivity contribution in [1.82, 2.24) is 9.97 Å². The molecule has 2 aromatic rings. The second kappa shape index (κ2) is 5.45. The van der Waals surface area contributed by atoms with E-state index in [1.165, 1.54) is 11.1 Å². The van der Waals surface area contributed by atoms with E-state index in [1.54, 1.807) is 0 Å². The van der Waals surface area contributed by atoms with Crippen molar-refractivity contribution in [1.29, 1.82) is 0 Å². The maximum Gasteiger partial charge on any atom is 0.162 e. The van der Waals surface area contributed by atoms with Crippen LogP contribution in [0, 0.1) is 17.4 Å². The highest BCUT2D eigenvalue weighted by Gasteiger charge is 2.15. The van der Waals surface area contributed by atoms with Gasteiger partial charge in [0.15, 0.2) is 5.82 Å². The third-order valence-corrected chi connectivity index (χ3v) is 4.18. The van der Waals surface area contributed by atoms with Gasteiger partial charge in [-0.25, -0.2) is 9.97 Å². The Kier molecular flexibility index (Phi) is 4.08. The van der Waals surface area contributed by atoms with Crippen LogP contribution in [0.25, 0.3) is 11.4 Å². The van der Waals surface area contributed by atoms with Crippen LogP contribution in [0.15, 0.2) is 18.2 Å². The van der Waals surface area contributed by atoms with Gasteiger partial charge in [-0.15, -0.1) is 0 Å². The standard InChI is InChI=1S/C15H18IN3/c1-8(2)13-12(16)14(17)19-15(18-13)11-6-5-9(3)7-10(11)4/h5-8H,1-4H3,(H2,17,18,19). The molecular formula is C15H18IN3. The number of aryl methyl sites for hydroxylation is 2. The molecule has 1 heterocycles. The predicted octanol–water partition coefficient (Wildman–Crippen LogP) is 4.07. The van der Waals surface area contributed by atoms with Crippen LogP contribution in [0.3, 0.4) is 0 Å². The third-order valence-electron chi connectivity index (χ3n) is 3.07. The molecule has 0 aliphatic heterocycles. The zero-order chi connectivity index (χ0) is 14.2. The highest BCUT2D eigenvalue weighted by atomic mass is 127. The van der Waals surface area contributed by atoms with E-state index in [2.05, 4.69) is 73.5 Å². The summed E-state index contributed by atoms with van der Waals surface area (Å²) in [6, 6.07) is 6.28. The Labute approximate surface area is 127 Å². The summed E-state index contributed by atoms with van der Waals surface area (Å²) in [6.45, 7) is 8.40. The number of rotatable bonds is 2. The molecule has 0 fully saturated rings. The number of benzene rings is 1. The lowest BCUT2D eigenvalue weighted by Gasteiger charge is -2.13. The number of nitrogens with zero attached hydrogens (tertiary/aromatic N) is 2. The topological polar surface area (TPSA) is 51.8 Å². The highest BCUT2D eigenvalue weighted by molar-refractivity contribution is 14.1. The SMILES string of the molecule is Cc1ccc(-c2nc(N)c(I)c(C(C)C)n2)c(C)c1. The first-order valence-electron chi connectivity index (χ1n) is 6.30. The van der Waals surface area contributed by atoms with E-state index in [0.29, 0.717) is 11.7 Å². The Hall–Kier alpha value is -1.17. The molecule has 2 N–H and O–H groups in total. The summed E-state index contributed by atoms with van der Waals surface area (Å²) < 4.78 is 0.959. The van der Waals surface area contributed by atoms with Crippen LogP contribution in [-0.2, 0) is 0 Å². The molecule has 0 spiro atoms. The summed E-state index contributed by atoms with van der Waals surface area (Å²) in [5.74, 6) is 1.62. The lowest BCUT2D eigenvalue weighted by Crippen LogP contribution is -2.06. The van der Waals surface area contributed by atoms with Crippen molar-refractivity contribution in [2.45, 2.75) is 33.6 Å². The van der Waals surface area contributed by atoms with E-state index in [-0.39, 0.29) is 0 Å². The van der Waals surface area contributed by atoms with Crippen molar-refractivity contribution in [2.75, 3.05) is 5.73 Å². The van der Waals surface area contributed by atoms with Crippen LogP contribution < -0.4 is 5.73 Å². The number of nitrogen functional groups attached to an aromatic ring is 1. The molecule has 1 aromatic carbocycles. The lowest BCUT2D eigenvalue weighted by atomic mass is 10.0. The molecule has 0 aliphatic rings. The maximum absolute atomic E-state index is 6.02. The number of anilines is 1. The molecule has 0 atom stereocenters. The van der Waals surface area contributed by atoms with Gasteiger partial charge in [0.1, 0.15) is 5.82 Å². The summed E-state index contributed by atoms with van der Waals surface area (Å²) in [7, 11) is 0. The van der Waals surface area contributed by atoms with E-state index in [4.69, 9.17) is 10.7 Å². The molecule has 0 bridgehead atoms. The second-order valence-corrected chi connectivity index (χ2v) is 6.18. The highest BCUT2D eigenvalue weighted by Crippen LogP contribution is 2.28. The largest absolute Gasteiger partial charge is 0.383 e. The average Bonchev–Trinajstić information content (AvgIpc) is 2.32. The van der Waals surface area contributed by atoms with Crippen molar-refractivity contribution in [3.05, 3.63) is 38.6 Å². The Balaban J connectivity index is 2.63. The van der Waals surface area contributed by atoms with Crippen molar-refractivity contribution >= 4 is 28.4 Å². The molecular weight excluding hydrogens is 349 g/mol. The Bertz CT molecular complexity index is 621. The normalized spacial score (nSPS) is 11.1. The van der Waals surface area contributed by atoms with Gasteiger partial charge < -0.3 is 5.73 Å². The van der Waals surface area contributed by atoms with Gasteiger partial charge in [-0.2, -0.15) is 0 Å². The molecule has 0 unspecified atom stereocenters. The van der Waals surface area contributed by atoms with Crippen LogP contribution in [0.1, 0.15) is 36.6 Å². The first kappa shape index (κ1) is 14.2. The van der Waals surface area contributed by atoms with E-state index in [0.717, 1.165) is 20.7 Å². The van der Waals surface area contributed by atoms with E-state index in [9.17, 15) is 0 Å². The summed E-state index contributed by atoms with van der Waals surface area (Å²) in [4.78, 5) is 9.13. The van der Waals surface area contributed by atoms with Crippen molar-refractivity contribution < 1.29 is 0 Å². The molecule has 3 nitrogen and oxygen atoms in total. The van der Waals surface area contributed by atoms with E-state index in [1.807, 2.05) is 0 Å². The minimum atomic E-state index is 0.335. The van der Waals surface area contributed by atoms with Crippen LogP contribution in [0.5, 0.6) is 0 Å². The Morgan fingerprint density at radius 2 is 1.84 bits per heavy atom. The number of halogens is 1. The minimum Gasteiger partial charge on any atom is -0.383 e. The number of hydrogen-bond acceptors (Lipinski definition) is 3. The second-order valence-electron chi connectivity index (χ2n) is 5.10. The third kappa shape index (κ3) is 2.88. The number of aromatic nitrogens is 2. The lowest BCUT2D eigenvalue weighted by molar-refractivity contribution is 0.810. The summed E-state index contributed by atoms with van der Waals surface area (Å²) >= 11 is 2.22. The smallest absolute Gasteiger partial charge is 0.162 e. The molecule has 19 heavy (non-hydrogen) atoms. The van der Waals surface area contributed by atoms with E-state index >= 15 is 0 Å². The van der Waals surface area contributed by atoms with Gasteiger partial charge >= 0.3 is 0 Å². The first-order valence-corrected chi connectivity index (χ1v) is 7.38. The zero-order valence-electron chi connectivity index (χ0n) is 11.7. The van der Waals surface area contributed by atoms with Crippen LogP contribution in [0.4, 0.5) is 5.82 Å². The minimum absolute atomic E-state index is 0.335. The molecule has 0 radical (unpaired) electrons. The van der Waals surface area contributed by atoms with Gasteiger partial charge in [0.05, 0.1) is 9.26 Å². The fourth-order valence-electron chi connectivity index (χ4n) is 2.05. The van der Waals surface area contributed by atoms with Gasteiger partial charge in [0, 0.05) is 5.56 Å². The van der Waals surface area contributed by atoms with Crippen LogP contribution in [-0.4, -0.2) is 9.97 Å². The molecule has 0 saturated heterocycles. The molecule has 100 valence electrons. The van der Waals surface area contributed by atoms with Gasteiger partial charge in [-0.3, -0.25) is 0 Å². The fourth-order valence-corrected chi connectivity index (χ4v) is 2.91. The summed E-state index contributed by atoms with van der Waals surface area (Å²) in [6.07, 6.45) is 0. The van der Waals surface area contributed by atoms with Gasteiger partial charge in [-0.05, 0) is 47.9 Å². The molecule has 2 rings (SSSR count). The monoisotopic (exact) mass is 367 g/mol. The summed E-state index contributed by atoms with van der Waals surface area (Å²) in [5, 5.41) is 0. The Morgan fingerprint density at radius 3 is 2.42 bits per heavy atom. The van der Waals surface area contributed by atoms with Gasteiger partial charge in [0.2, 0.25) is 0 Å². The van der Waals surface area contributed by atoms with Crippen molar-refractivity contribution in [3.63, 3.8) is 0 Å². The molecule has 0 amide bonds. The van der Waals surface area contributed by atoms with Crippen molar-refractivity contribution in [3.8, 4) is 11.4 Å². The Morgan fingerprint density at radius 1 is 1.16 bits per heavy atom. The van der Waals surface area contributed by atoms with Gasteiger partial charge in [0.25, 0.3) is 0 Å². The predicted molar refractivity (Wildman–Crippen MR) is 88.2 cm³/mol. The van der Waals surface area contributed by atoms with Crippen LogP contribution in [0.2, 0.25) is 0 Å². The maximum atomic E-state index is 6.02. The molecule has 4 heteroatoms. The molecule has 1 aromatic heterocycles. The molecule has 0 aliphatic carbocycles. The van der Waals surface area contributed by atoms with Gasteiger partial charge in [-0.1, -0.05) is 37.6 Å². The van der Waals surface area contributed by atoms with Crippen molar-refractivity contribution in [2.24, 2.45) is 0 Å². The van der Waals surface area contributed by atoms with E-state index < -0.39 is 0 Å². The fraction of sp³-hybridized carbons (Fsp3) is 0.333. The molecule has 0 saturated carbocycles.